The van der Waals surface area contributed by atoms with Crippen LogP contribution >= 0.6 is 23.1 Å². The van der Waals surface area contributed by atoms with Crippen LogP contribution in [0.25, 0.3) is 0 Å². The van der Waals surface area contributed by atoms with Crippen molar-refractivity contribution in [1.29, 1.82) is 0 Å². The second-order valence-electron chi connectivity index (χ2n) is 4.29. The molecule has 0 fully saturated rings. The van der Waals surface area contributed by atoms with Gasteiger partial charge < -0.3 is 5.32 Å². The minimum Gasteiger partial charge on any atom is -0.312 e. The third kappa shape index (κ3) is 3.34. The van der Waals surface area contributed by atoms with Crippen molar-refractivity contribution in [3.8, 4) is 0 Å². The number of benzene rings is 1. The van der Waals surface area contributed by atoms with E-state index in [-0.39, 0.29) is 0 Å². The number of hydrogen-bond donors (Lipinski definition) is 1. The minimum absolute atomic E-state index is 0.373. The lowest BCUT2D eigenvalue weighted by molar-refractivity contribution is 0.661. The maximum atomic E-state index is 4.30. The summed E-state index contributed by atoms with van der Waals surface area (Å²) in [6.45, 7) is 4.32. The average Bonchev–Trinajstić information content (AvgIpc) is 2.87. The quantitative estimate of drug-likeness (QED) is 0.842. The molecular formula is C14H18N2S2. The molecule has 2 rings (SSSR count). The normalized spacial score (nSPS) is 12.6. The fourth-order valence-corrected chi connectivity index (χ4v) is 3.57. The van der Waals surface area contributed by atoms with Gasteiger partial charge in [-0.05, 0) is 37.6 Å². The number of aryl methyl sites for hydroxylation is 2. The summed E-state index contributed by atoms with van der Waals surface area (Å²) in [6.07, 6.45) is 1.86. The summed E-state index contributed by atoms with van der Waals surface area (Å²) in [5.74, 6) is 1.01. The van der Waals surface area contributed by atoms with Gasteiger partial charge in [-0.25, -0.2) is 4.98 Å². The maximum absolute atomic E-state index is 4.30. The van der Waals surface area contributed by atoms with Crippen LogP contribution in [0.1, 0.15) is 22.7 Å². The Morgan fingerprint density at radius 3 is 2.78 bits per heavy atom. The van der Waals surface area contributed by atoms with E-state index in [1.807, 2.05) is 30.4 Å². The van der Waals surface area contributed by atoms with Crippen LogP contribution in [0.3, 0.4) is 0 Å². The molecule has 2 nitrogen and oxygen atoms in total. The topological polar surface area (TPSA) is 24.9 Å². The van der Waals surface area contributed by atoms with Gasteiger partial charge in [-0.1, -0.05) is 30.0 Å². The van der Waals surface area contributed by atoms with Crippen molar-refractivity contribution in [3.05, 3.63) is 46.5 Å². The van der Waals surface area contributed by atoms with E-state index < -0.39 is 0 Å². The van der Waals surface area contributed by atoms with E-state index in [2.05, 4.69) is 42.3 Å². The number of hydrogen-bond acceptors (Lipinski definition) is 4. The van der Waals surface area contributed by atoms with E-state index in [4.69, 9.17) is 0 Å². The van der Waals surface area contributed by atoms with Gasteiger partial charge in [0.1, 0.15) is 4.34 Å². The molecule has 0 saturated carbocycles. The lowest BCUT2D eigenvalue weighted by Crippen LogP contribution is -2.18. The molecule has 0 spiro atoms. The first-order valence-electron chi connectivity index (χ1n) is 5.97. The van der Waals surface area contributed by atoms with Gasteiger partial charge in [-0.3, -0.25) is 0 Å². The zero-order valence-corrected chi connectivity index (χ0v) is 12.6. The second-order valence-corrected chi connectivity index (χ2v) is 6.46. The van der Waals surface area contributed by atoms with E-state index in [1.54, 1.807) is 11.3 Å². The minimum atomic E-state index is 0.373. The highest BCUT2D eigenvalue weighted by atomic mass is 32.2. The third-order valence-corrected chi connectivity index (χ3v) is 5.12. The molecule has 1 unspecified atom stereocenters. The molecular weight excluding hydrogens is 260 g/mol. The summed E-state index contributed by atoms with van der Waals surface area (Å²) >= 11 is 3.51. The molecule has 0 saturated heterocycles. The predicted octanol–water partition coefficient (Wildman–Crippen LogP) is 3.81. The monoisotopic (exact) mass is 278 g/mol. The van der Waals surface area contributed by atoms with Crippen LogP contribution < -0.4 is 5.32 Å². The number of rotatable bonds is 5. The molecule has 1 aromatic carbocycles. The summed E-state index contributed by atoms with van der Waals surface area (Å²) in [7, 11) is 2.02. The zero-order chi connectivity index (χ0) is 13.0. The molecule has 0 radical (unpaired) electrons. The van der Waals surface area contributed by atoms with Crippen LogP contribution in [-0.2, 0) is 0 Å². The van der Waals surface area contributed by atoms with Crippen molar-refractivity contribution < 1.29 is 0 Å². The van der Waals surface area contributed by atoms with Gasteiger partial charge in [0, 0.05) is 23.4 Å². The van der Waals surface area contributed by atoms with Crippen molar-refractivity contribution >= 4 is 23.1 Å². The van der Waals surface area contributed by atoms with Crippen molar-refractivity contribution in [2.45, 2.75) is 24.2 Å². The smallest absolute Gasteiger partial charge is 0.149 e. The molecule has 1 heterocycles. The Kier molecular flexibility index (Phi) is 4.80. The van der Waals surface area contributed by atoms with Crippen LogP contribution in [0, 0.1) is 13.8 Å². The van der Waals surface area contributed by atoms with Crippen LogP contribution in [0.4, 0.5) is 0 Å². The van der Waals surface area contributed by atoms with E-state index in [9.17, 15) is 0 Å². The van der Waals surface area contributed by atoms with E-state index >= 15 is 0 Å². The number of aromatic nitrogens is 1. The molecule has 1 atom stereocenters. The molecule has 0 aliphatic heterocycles. The first-order chi connectivity index (χ1) is 8.70. The highest BCUT2D eigenvalue weighted by Gasteiger charge is 2.11. The second kappa shape index (κ2) is 6.36. The van der Waals surface area contributed by atoms with Gasteiger partial charge in [-0.15, -0.1) is 11.3 Å². The number of thioether (sulfide) groups is 1. The largest absolute Gasteiger partial charge is 0.312 e. The predicted molar refractivity (Wildman–Crippen MR) is 80.6 cm³/mol. The molecule has 0 bridgehead atoms. The van der Waals surface area contributed by atoms with Gasteiger partial charge in [0.2, 0.25) is 0 Å². The van der Waals surface area contributed by atoms with Gasteiger partial charge >= 0.3 is 0 Å². The molecule has 1 aromatic heterocycles. The van der Waals surface area contributed by atoms with Crippen molar-refractivity contribution in [1.82, 2.24) is 10.3 Å². The van der Waals surface area contributed by atoms with E-state index in [0.29, 0.717) is 6.04 Å². The summed E-state index contributed by atoms with van der Waals surface area (Å²) in [5, 5.41) is 5.40. The standard InChI is InChI=1S/C14H18N2S2/c1-10-4-5-12(8-11(10)2)13(15-3)9-18-14-16-6-7-17-14/h4-8,13,15H,9H2,1-3H3. The van der Waals surface area contributed by atoms with Gasteiger partial charge in [0.15, 0.2) is 0 Å². The Labute approximate surface area is 117 Å². The summed E-state index contributed by atoms with van der Waals surface area (Å²) < 4.78 is 1.14. The lowest BCUT2D eigenvalue weighted by atomic mass is 10.0. The molecule has 0 aliphatic carbocycles. The molecule has 0 aliphatic rings. The Hall–Kier alpha value is -0.840. The molecule has 0 amide bonds. The summed E-state index contributed by atoms with van der Waals surface area (Å²) in [6, 6.07) is 7.06. The molecule has 18 heavy (non-hydrogen) atoms. The van der Waals surface area contributed by atoms with Crippen LogP contribution in [-0.4, -0.2) is 17.8 Å². The van der Waals surface area contributed by atoms with Crippen molar-refractivity contribution in [3.63, 3.8) is 0 Å². The number of thiazole rings is 1. The maximum Gasteiger partial charge on any atom is 0.149 e. The van der Waals surface area contributed by atoms with Gasteiger partial charge in [0.05, 0.1) is 0 Å². The SMILES string of the molecule is CNC(CSc1nccs1)c1ccc(C)c(C)c1. The highest BCUT2D eigenvalue weighted by Crippen LogP contribution is 2.26. The molecule has 4 heteroatoms. The highest BCUT2D eigenvalue weighted by molar-refractivity contribution is 8.01. The van der Waals surface area contributed by atoms with E-state index in [1.165, 1.54) is 16.7 Å². The Morgan fingerprint density at radius 1 is 1.33 bits per heavy atom. The first-order valence-corrected chi connectivity index (χ1v) is 7.84. The number of nitrogens with one attached hydrogen (secondary N) is 1. The van der Waals surface area contributed by atoms with Crippen molar-refractivity contribution in [2.24, 2.45) is 0 Å². The lowest BCUT2D eigenvalue weighted by Gasteiger charge is -2.16. The zero-order valence-electron chi connectivity index (χ0n) is 10.9. The van der Waals surface area contributed by atoms with Crippen LogP contribution in [0.5, 0.6) is 0 Å². The van der Waals surface area contributed by atoms with Crippen molar-refractivity contribution in [2.75, 3.05) is 12.8 Å². The summed E-state index contributed by atoms with van der Waals surface area (Å²) in [4.78, 5) is 4.30. The third-order valence-electron chi connectivity index (χ3n) is 3.06. The average molecular weight is 278 g/mol. The summed E-state index contributed by atoms with van der Waals surface area (Å²) in [5.41, 5.74) is 4.05. The van der Waals surface area contributed by atoms with E-state index in [0.717, 1.165) is 10.1 Å². The fraction of sp³-hybridized carbons (Fsp3) is 0.357. The molecule has 2 aromatic rings. The Bertz CT molecular complexity index is 495. The number of nitrogens with zero attached hydrogens (tertiary/aromatic N) is 1. The van der Waals surface area contributed by atoms with Gasteiger partial charge in [-0.2, -0.15) is 0 Å². The molecule has 1 N–H and O–H groups in total. The van der Waals surface area contributed by atoms with Gasteiger partial charge in [0.25, 0.3) is 0 Å². The molecule has 96 valence electrons. The fourth-order valence-electron chi connectivity index (χ4n) is 1.76. The van der Waals surface area contributed by atoms with Crippen LogP contribution in [0.2, 0.25) is 0 Å². The Balaban J connectivity index is 2.05. The first kappa shape index (κ1) is 13.6. The van der Waals surface area contributed by atoms with Crippen LogP contribution in [0.15, 0.2) is 34.1 Å². The Morgan fingerprint density at radius 2 is 2.17 bits per heavy atom.